The number of carbonyl (C=O) groups is 1. The van der Waals surface area contributed by atoms with Crippen molar-refractivity contribution in [1.29, 1.82) is 0 Å². The van der Waals surface area contributed by atoms with Crippen LogP contribution in [0.2, 0.25) is 0 Å². The lowest BCUT2D eigenvalue weighted by molar-refractivity contribution is -0.137. The Balaban J connectivity index is 1.26. The smallest absolute Gasteiger partial charge is 0.243 e. The molecule has 5 rings (SSSR count). The van der Waals surface area contributed by atoms with Gasteiger partial charge in [0.05, 0.1) is 16.6 Å². The van der Waals surface area contributed by atoms with Crippen molar-refractivity contribution in [2.24, 2.45) is 5.92 Å². The number of rotatable bonds is 3. The normalized spacial score (nSPS) is 18.3. The Morgan fingerprint density at radius 1 is 1.03 bits per heavy atom. The van der Waals surface area contributed by atoms with Crippen LogP contribution in [0.5, 0.6) is 0 Å². The van der Waals surface area contributed by atoms with E-state index in [1.807, 2.05) is 17.0 Å². The number of hydrogen-bond donors (Lipinski definition) is 1. The summed E-state index contributed by atoms with van der Waals surface area (Å²) in [6.45, 7) is 2.03. The maximum Gasteiger partial charge on any atom is 0.243 e. The van der Waals surface area contributed by atoms with Gasteiger partial charge in [-0.25, -0.2) is 8.42 Å². The van der Waals surface area contributed by atoms with Crippen LogP contribution in [0.25, 0.3) is 10.9 Å². The van der Waals surface area contributed by atoms with Crippen molar-refractivity contribution in [2.45, 2.75) is 30.8 Å². The topological polar surface area (TPSA) is 86.4 Å². The minimum atomic E-state index is -3.58. The predicted octanol–water partition coefficient (Wildman–Crippen LogP) is 2.51. The Bertz CT molecular complexity index is 1150. The third-order valence-corrected chi connectivity index (χ3v) is 7.90. The van der Waals surface area contributed by atoms with E-state index < -0.39 is 10.0 Å². The van der Waals surface area contributed by atoms with Crippen LogP contribution >= 0.6 is 0 Å². The van der Waals surface area contributed by atoms with Crippen LogP contribution in [0.4, 0.5) is 0 Å². The van der Waals surface area contributed by atoms with Crippen LogP contribution in [-0.2, 0) is 27.9 Å². The van der Waals surface area contributed by atoms with E-state index in [-0.39, 0.29) is 16.7 Å². The number of aromatic nitrogens is 2. The van der Waals surface area contributed by atoms with E-state index in [1.54, 1.807) is 24.4 Å². The molecule has 1 fully saturated rings. The second kappa shape index (κ2) is 6.96. The third kappa shape index (κ3) is 3.22. The van der Waals surface area contributed by atoms with Gasteiger partial charge >= 0.3 is 0 Å². The minimum Gasteiger partial charge on any atom is -0.334 e. The van der Waals surface area contributed by atoms with Crippen LogP contribution in [0.15, 0.2) is 53.6 Å². The Morgan fingerprint density at radius 2 is 1.72 bits per heavy atom. The van der Waals surface area contributed by atoms with Gasteiger partial charge < -0.3 is 4.90 Å². The summed E-state index contributed by atoms with van der Waals surface area (Å²) in [6, 6.07) is 13.1. The van der Waals surface area contributed by atoms with E-state index in [2.05, 4.69) is 22.3 Å². The molecule has 3 heterocycles. The molecule has 1 saturated heterocycles. The van der Waals surface area contributed by atoms with Crippen molar-refractivity contribution in [3.8, 4) is 0 Å². The molecule has 0 atom stereocenters. The maximum absolute atomic E-state index is 13.0. The lowest BCUT2D eigenvalue weighted by Crippen LogP contribution is -2.43. The van der Waals surface area contributed by atoms with Gasteiger partial charge in [-0.2, -0.15) is 9.40 Å². The SMILES string of the molecule is O=C(C1CCN(S(=O)(=O)c2ccc3[nH]ncc3c2)CC1)N1Cc2ccccc2C1. The summed E-state index contributed by atoms with van der Waals surface area (Å²) in [5, 5.41) is 7.54. The minimum absolute atomic E-state index is 0.118. The molecule has 0 bridgehead atoms. The van der Waals surface area contributed by atoms with Gasteiger partial charge in [-0.3, -0.25) is 9.89 Å². The van der Waals surface area contributed by atoms with Gasteiger partial charge in [0.2, 0.25) is 15.9 Å². The molecule has 2 aromatic carbocycles. The van der Waals surface area contributed by atoms with Gasteiger partial charge in [0.25, 0.3) is 0 Å². The van der Waals surface area contributed by atoms with Crippen LogP contribution in [-0.4, -0.2) is 46.8 Å². The fourth-order valence-corrected chi connectivity index (χ4v) is 5.83. The quantitative estimate of drug-likeness (QED) is 0.719. The number of benzene rings is 2. The van der Waals surface area contributed by atoms with E-state index in [9.17, 15) is 13.2 Å². The number of hydrogen-bond acceptors (Lipinski definition) is 4. The van der Waals surface area contributed by atoms with Crippen molar-refractivity contribution < 1.29 is 13.2 Å². The summed E-state index contributed by atoms with van der Waals surface area (Å²) in [5.74, 6) is 0.0187. The summed E-state index contributed by atoms with van der Waals surface area (Å²) < 4.78 is 27.6. The van der Waals surface area contributed by atoms with Crippen molar-refractivity contribution in [1.82, 2.24) is 19.4 Å². The Hall–Kier alpha value is -2.71. The standard InChI is InChI=1S/C21H22N4O3S/c26-21(24-13-16-3-1-2-4-17(16)14-24)15-7-9-25(10-8-15)29(27,28)19-5-6-20-18(11-19)12-22-23-20/h1-6,11-12,15H,7-10,13-14H2,(H,22,23). The molecule has 29 heavy (non-hydrogen) atoms. The molecule has 0 saturated carbocycles. The molecule has 2 aliphatic rings. The molecule has 0 spiro atoms. The van der Waals surface area contributed by atoms with Crippen LogP contribution in [0.3, 0.4) is 0 Å². The van der Waals surface area contributed by atoms with E-state index in [0.29, 0.717) is 39.0 Å². The zero-order valence-electron chi connectivity index (χ0n) is 15.9. The molecule has 1 aromatic heterocycles. The van der Waals surface area contributed by atoms with Gasteiger partial charge in [0.1, 0.15) is 0 Å². The van der Waals surface area contributed by atoms with Crippen molar-refractivity contribution in [3.05, 3.63) is 59.8 Å². The van der Waals surface area contributed by atoms with Gasteiger partial charge in [-0.15, -0.1) is 0 Å². The summed E-state index contributed by atoms with van der Waals surface area (Å²) in [4.78, 5) is 15.1. The van der Waals surface area contributed by atoms with Crippen LogP contribution in [0, 0.1) is 5.92 Å². The average molecular weight is 410 g/mol. The largest absolute Gasteiger partial charge is 0.334 e. The highest BCUT2D eigenvalue weighted by atomic mass is 32.2. The number of H-pyrrole nitrogens is 1. The molecule has 3 aromatic rings. The molecule has 8 heteroatoms. The fraction of sp³-hybridized carbons (Fsp3) is 0.333. The molecule has 0 aliphatic carbocycles. The molecule has 150 valence electrons. The zero-order valence-corrected chi connectivity index (χ0v) is 16.7. The highest BCUT2D eigenvalue weighted by molar-refractivity contribution is 7.89. The van der Waals surface area contributed by atoms with E-state index in [1.165, 1.54) is 15.4 Å². The molecule has 0 radical (unpaired) electrons. The Kier molecular flexibility index (Phi) is 4.40. The summed E-state index contributed by atoms with van der Waals surface area (Å²) in [6.07, 6.45) is 2.73. The summed E-state index contributed by atoms with van der Waals surface area (Å²) in [7, 11) is -3.58. The average Bonchev–Trinajstić information content (AvgIpc) is 3.39. The Morgan fingerprint density at radius 3 is 2.41 bits per heavy atom. The zero-order chi connectivity index (χ0) is 20.0. The fourth-order valence-electron chi connectivity index (χ4n) is 4.32. The molecular formula is C21H22N4O3S. The summed E-state index contributed by atoms with van der Waals surface area (Å²) >= 11 is 0. The first-order valence-electron chi connectivity index (χ1n) is 9.81. The van der Waals surface area contributed by atoms with E-state index >= 15 is 0 Å². The van der Waals surface area contributed by atoms with Crippen molar-refractivity contribution in [2.75, 3.05) is 13.1 Å². The number of nitrogens with one attached hydrogen (secondary N) is 1. The molecule has 0 unspecified atom stereocenters. The number of carbonyl (C=O) groups excluding carboxylic acids is 1. The first-order chi connectivity index (χ1) is 14.0. The number of aromatic amines is 1. The van der Waals surface area contributed by atoms with Crippen LogP contribution in [0.1, 0.15) is 24.0 Å². The molecular weight excluding hydrogens is 388 g/mol. The third-order valence-electron chi connectivity index (χ3n) is 6.01. The van der Waals surface area contributed by atoms with E-state index in [0.717, 1.165) is 10.9 Å². The van der Waals surface area contributed by atoms with Crippen molar-refractivity contribution >= 4 is 26.8 Å². The maximum atomic E-state index is 13.0. The van der Waals surface area contributed by atoms with Gasteiger partial charge in [0, 0.05) is 37.5 Å². The highest BCUT2D eigenvalue weighted by Gasteiger charge is 2.35. The predicted molar refractivity (Wildman–Crippen MR) is 108 cm³/mol. The van der Waals surface area contributed by atoms with Gasteiger partial charge in [0.15, 0.2) is 0 Å². The lowest BCUT2D eigenvalue weighted by Gasteiger charge is -2.32. The number of fused-ring (bicyclic) bond motifs is 2. The molecule has 7 nitrogen and oxygen atoms in total. The molecule has 2 aliphatic heterocycles. The van der Waals surface area contributed by atoms with Gasteiger partial charge in [-0.05, 0) is 42.2 Å². The first kappa shape index (κ1) is 18.3. The van der Waals surface area contributed by atoms with Gasteiger partial charge in [-0.1, -0.05) is 24.3 Å². The number of piperidine rings is 1. The highest BCUT2D eigenvalue weighted by Crippen LogP contribution is 2.29. The monoisotopic (exact) mass is 410 g/mol. The Labute approximate surface area is 169 Å². The molecule has 1 N–H and O–H groups in total. The van der Waals surface area contributed by atoms with E-state index in [4.69, 9.17) is 0 Å². The lowest BCUT2D eigenvalue weighted by atomic mass is 9.96. The number of sulfonamides is 1. The van der Waals surface area contributed by atoms with Crippen LogP contribution < -0.4 is 0 Å². The number of nitrogens with zero attached hydrogens (tertiary/aromatic N) is 3. The first-order valence-corrected chi connectivity index (χ1v) is 11.3. The molecule has 1 amide bonds. The second-order valence-corrected chi connectivity index (χ2v) is 9.70. The number of amides is 1. The second-order valence-electron chi connectivity index (χ2n) is 7.76. The van der Waals surface area contributed by atoms with Crippen molar-refractivity contribution in [3.63, 3.8) is 0 Å². The summed E-state index contributed by atoms with van der Waals surface area (Å²) in [5.41, 5.74) is 3.21.